The third kappa shape index (κ3) is 5.24. The monoisotopic (exact) mass is 449 g/mol. The van der Waals surface area contributed by atoms with E-state index in [9.17, 15) is 13.2 Å². The van der Waals surface area contributed by atoms with Gasteiger partial charge in [-0.15, -0.1) is 18.3 Å². The Kier molecular flexibility index (Phi) is 6.40. The maximum Gasteiger partial charge on any atom is 0.573 e. The van der Waals surface area contributed by atoms with E-state index in [0.717, 1.165) is 26.1 Å². The lowest BCUT2D eigenvalue weighted by Crippen LogP contribution is -2.30. The molecule has 4 rings (SSSR count). The molecule has 3 heterocycles. The van der Waals surface area contributed by atoms with Crippen LogP contribution in [-0.4, -0.2) is 59.7 Å². The number of alkyl halides is 3. The number of nitrogens with one attached hydrogen (secondary N) is 1. The predicted octanol–water partition coefficient (Wildman–Crippen LogP) is 4.45. The van der Waals surface area contributed by atoms with Crippen molar-refractivity contribution in [3.8, 4) is 22.8 Å². The van der Waals surface area contributed by atoms with Crippen LogP contribution in [-0.2, 0) is 0 Å². The number of imidazole rings is 1. The number of piperidine rings is 1. The molecule has 2 aromatic heterocycles. The lowest BCUT2D eigenvalue weighted by atomic mass is 9.94. The number of likely N-dealkylation sites (tertiary alicyclic amines) is 1. The van der Waals surface area contributed by atoms with Gasteiger partial charge in [0.2, 0.25) is 0 Å². The molecule has 32 heavy (non-hydrogen) atoms. The molecule has 0 spiro atoms. The van der Waals surface area contributed by atoms with E-state index in [1.807, 2.05) is 12.1 Å². The second-order valence-corrected chi connectivity index (χ2v) is 8.00. The lowest BCUT2D eigenvalue weighted by molar-refractivity contribution is -0.274. The summed E-state index contributed by atoms with van der Waals surface area (Å²) in [5, 5.41) is 7.96. The molecule has 3 aromatic rings. The van der Waals surface area contributed by atoms with Crippen molar-refractivity contribution in [3.63, 3.8) is 0 Å². The molecule has 7 nitrogen and oxygen atoms in total. The number of methoxy groups -OCH3 is 1. The Morgan fingerprint density at radius 1 is 1.16 bits per heavy atom. The summed E-state index contributed by atoms with van der Waals surface area (Å²) in [5.74, 6) is 1.43. The molecule has 0 aliphatic carbocycles. The van der Waals surface area contributed by atoms with Crippen LogP contribution >= 0.6 is 0 Å². The van der Waals surface area contributed by atoms with E-state index in [-0.39, 0.29) is 5.75 Å². The molecule has 0 bridgehead atoms. The number of hydrogen-bond acceptors (Lipinski definition) is 6. The Labute approximate surface area is 184 Å². The zero-order valence-corrected chi connectivity index (χ0v) is 18.0. The summed E-state index contributed by atoms with van der Waals surface area (Å²) in [7, 11) is 3.60. The fourth-order valence-corrected chi connectivity index (χ4v) is 3.99. The van der Waals surface area contributed by atoms with Gasteiger partial charge in [0.15, 0.2) is 5.65 Å². The highest BCUT2D eigenvalue weighted by Crippen LogP contribution is 2.35. The van der Waals surface area contributed by atoms with Crippen LogP contribution in [0.3, 0.4) is 0 Å². The van der Waals surface area contributed by atoms with Gasteiger partial charge < -0.3 is 19.7 Å². The fourth-order valence-electron chi connectivity index (χ4n) is 3.99. The number of fused-ring (bicyclic) bond motifs is 1. The summed E-state index contributed by atoms with van der Waals surface area (Å²) in [4.78, 5) is 6.68. The molecule has 0 amide bonds. The van der Waals surface area contributed by atoms with E-state index in [4.69, 9.17) is 4.74 Å². The molecule has 1 aliphatic rings. The van der Waals surface area contributed by atoms with Crippen LogP contribution in [0, 0.1) is 5.92 Å². The highest BCUT2D eigenvalue weighted by Gasteiger charge is 2.31. The first kappa shape index (κ1) is 22.2. The van der Waals surface area contributed by atoms with Gasteiger partial charge in [-0.3, -0.25) is 0 Å². The standard InChI is InChI=1S/C22H26F3N5O2/c1-29-11-8-15(9-12-29)7-10-26-20-5-6-21-27-14-18(30(21)28-20)17-13-16(32-22(23,24)25)3-4-19(17)31-2/h3-6,13-15H,7-12H2,1-2H3,(H,26,28). The summed E-state index contributed by atoms with van der Waals surface area (Å²) in [5.41, 5.74) is 1.48. The second-order valence-electron chi connectivity index (χ2n) is 8.00. The van der Waals surface area contributed by atoms with E-state index >= 15 is 0 Å². The minimum Gasteiger partial charge on any atom is -0.496 e. The Bertz CT molecular complexity index is 1060. The van der Waals surface area contributed by atoms with Crippen LogP contribution < -0.4 is 14.8 Å². The van der Waals surface area contributed by atoms with Crippen LogP contribution in [0.1, 0.15) is 19.3 Å². The topological polar surface area (TPSA) is 63.9 Å². The molecule has 1 aliphatic heterocycles. The van der Waals surface area contributed by atoms with Gasteiger partial charge in [-0.05, 0) is 75.6 Å². The summed E-state index contributed by atoms with van der Waals surface area (Å²) in [6.45, 7) is 3.06. The van der Waals surface area contributed by atoms with Gasteiger partial charge in [-0.1, -0.05) is 0 Å². The Hall–Kier alpha value is -3.01. The minimum absolute atomic E-state index is 0.337. The molecule has 1 saturated heterocycles. The van der Waals surface area contributed by atoms with Gasteiger partial charge in [0, 0.05) is 12.1 Å². The van der Waals surface area contributed by atoms with E-state index in [2.05, 4.69) is 32.1 Å². The molecule has 0 unspecified atom stereocenters. The number of halogens is 3. The number of ether oxygens (including phenoxy) is 2. The second kappa shape index (κ2) is 9.23. The molecule has 1 aromatic carbocycles. The molecule has 0 atom stereocenters. The van der Waals surface area contributed by atoms with Crippen molar-refractivity contribution in [2.75, 3.05) is 39.1 Å². The number of rotatable bonds is 7. The first-order valence-electron chi connectivity index (χ1n) is 10.5. The molecule has 0 saturated carbocycles. The van der Waals surface area contributed by atoms with E-state index in [1.165, 1.54) is 38.2 Å². The van der Waals surface area contributed by atoms with Gasteiger partial charge in [0.1, 0.15) is 17.3 Å². The zero-order chi connectivity index (χ0) is 22.7. The van der Waals surface area contributed by atoms with Gasteiger partial charge in [-0.25, -0.2) is 9.50 Å². The van der Waals surface area contributed by atoms with Crippen LogP contribution in [0.15, 0.2) is 36.5 Å². The molecular formula is C22H26F3N5O2. The summed E-state index contributed by atoms with van der Waals surface area (Å²) in [6, 6.07) is 7.58. The highest BCUT2D eigenvalue weighted by atomic mass is 19.4. The molecule has 1 fully saturated rings. The number of nitrogens with zero attached hydrogens (tertiary/aromatic N) is 4. The molecular weight excluding hydrogens is 423 g/mol. The maximum absolute atomic E-state index is 12.7. The lowest BCUT2D eigenvalue weighted by Gasteiger charge is -2.28. The molecule has 0 radical (unpaired) electrons. The Morgan fingerprint density at radius 2 is 1.94 bits per heavy atom. The normalized spacial score (nSPS) is 15.8. The van der Waals surface area contributed by atoms with E-state index in [1.54, 1.807) is 10.7 Å². The van der Waals surface area contributed by atoms with Gasteiger partial charge >= 0.3 is 6.36 Å². The summed E-state index contributed by atoms with van der Waals surface area (Å²) >= 11 is 0. The third-order valence-electron chi connectivity index (χ3n) is 5.74. The van der Waals surface area contributed by atoms with E-state index in [0.29, 0.717) is 34.4 Å². The van der Waals surface area contributed by atoms with E-state index < -0.39 is 6.36 Å². The van der Waals surface area contributed by atoms with Gasteiger partial charge in [0.05, 0.1) is 19.0 Å². The number of hydrogen-bond donors (Lipinski definition) is 1. The smallest absolute Gasteiger partial charge is 0.496 e. The molecule has 10 heteroatoms. The van der Waals surface area contributed by atoms with Crippen molar-refractivity contribution < 1.29 is 22.6 Å². The van der Waals surface area contributed by atoms with Crippen molar-refractivity contribution in [1.82, 2.24) is 19.5 Å². The average Bonchev–Trinajstić information content (AvgIpc) is 3.17. The number of aromatic nitrogens is 3. The Morgan fingerprint density at radius 3 is 2.66 bits per heavy atom. The van der Waals surface area contributed by atoms with Crippen molar-refractivity contribution >= 4 is 11.5 Å². The molecule has 172 valence electrons. The maximum atomic E-state index is 12.7. The van der Waals surface area contributed by atoms with Gasteiger partial charge in [-0.2, -0.15) is 0 Å². The van der Waals surface area contributed by atoms with Crippen molar-refractivity contribution in [2.45, 2.75) is 25.6 Å². The first-order valence-corrected chi connectivity index (χ1v) is 10.5. The average molecular weight is 449 g/mol. The number of anilines is 1. The zero-order valence-electron chi connectivity index (χ0n) is 18.0. The van der Waals surface area contributed by atoms with Crippen LogP contribution in [0.5, 0.6) is 11.5 Å². The Balaban J connectivity index is 1.54. The predicted molar refractivity (Wildman–Crippen MR) is 115 cm³/mol. The van der Waals surface area contributed by atoms with Crippen molar-refractivity contribution in [2.24, 2.45) is 5.92 Å². The van der Waals surface area contributed by atoms with Crippen LogP contribution in [0.2, 0.25) is 0 Å². The minimum atomic E-state index is -4.78. The fraction of sp³-hybridized carbons (Fsp3) is 0.455. The quantitative estimate of drug-likeness (QED) is 0.575. The van der Waals surface area contributed by atoms with Crippen LogP contribution in [0.25, 0.3) is 16.9 Å². The number of benzene rings is 1. The largest absolute Gasteiger partial charge is 0.573 e. The molecule has 1 N–H and O–H groups in total. The first-order chi connectivity index (χ1) is 15.3. The summed E-state index contributed by atoms with van der Waals surface area (Å²) in [6.07, 6.45) is 0.238. The van der Waals surface area contributed by atoms with Crippen LogP contribution in [0.4, 0.5) is 19.0 Å². The van der Waals surface area contributed by atoms with Crippen molar-refractivity contribution in [3.05, 3.63) is 36.5 Å². The van der Waals surface area contributed by atoms with Gasteiger partial charge in [0.25, 0.3) is 0 Å². The SMILES string of the molecule is COc1ccc(OC(F)(F)F)cc1-c1cnc2ccc(NCCC3CCN(C)CC3)nn12. The highest BCUT2D eigenvalue weighted by molar-refractivity contribution is 5.71. The third-order valence-corrected chi connectivity index (χ3v) is 5.74. The summed E-state index contributed by atoms with van der Waals surface area (Å²) < 4.78 is 49.1. The van der Waals surface area contributed by atoms with Crippen molar-refractivity contribution in [1.29, 1.82) is 0 Å².